The van der Waals surface area contributed by atoms with Gasteiger partial charge in [-0.15, -0.1) is 13.2 Å². The Morgan fingerprint density at radius 1 is 1.07 bits per heavy atom. The van der Waals surface area contributed by atoms with E-state index in [0.717, 1.165) is 11.8 Å². The lowest BCUT2D eigenvalue weighted by molar-refractivity contribution is 0.151. The molecule has 0 amide bonds. The number of hydrogen-bond donors (Lipinski definition) is 0. The first kappa shape index (κ1) is 10.2. The van der Waals surface area contributed by atoms with Crippen LogP contribution in [-0.2, 0) is 4.43 Å². The summed E-state index contributed by atoms with van der Waals surface area (Å²) in [5, 5.41) is 0. The van der Waals surface area contributed by atoms with Crippen molar-refractivity contribution in [2.45, 2.75) is 38.3 Å². The average molecular weight is 208 g/mol. The van der Waals surface area contributed by atoms with E-state index in [0.29, 0.717) is 6.10 Å². The Morgan fingerprint density at radius 2 is 1.50 bits per heavy atom. The van der Waals surface area contributed by atoms with E-state index in [-0.39, 0.29) is 0 Å². The summed E-state index contributed by atoms with van der Waals surface area (Å²) in [7, 11) is -1.78. The van der Waals surface area contributed by atoms with E-state index in [1.165, 1.54) is 25.7 Å². The fourth-order valence-corrected chi connectivity index (χ4v) is 4.18. The van der Waals surface area contributed by atoms with E-state index in [1.54, 1.807) is 0 Å². The third-order valence-corrected chi connectivity index (χ3v) is 6.35. The maximum absolute atomic E-state index is 6.29. The Labute approximate surface area is 88.0 Å². The highest BCUT2D eigenvalue weighted by atomic mass is 28.4. The Balaban J connectivity index is 2.04. The average Bonchev–Trinajstić information content (AvgIpc) is 2.78. The predicted octanol–water partition coefficient (Wildman–Crippen LogP) is 3.22. The highest BCUT2D eigenvalue weighted by Gasteiger charge is 2.44. The summed E-state index contributed by atoms with van der Waals surface area (Å²) in [6.45, 7) is 9.95. The zero-order chi connectivity index (χ0) is 10.2. The van der Waals surface area contributed by atoms with Crippen molar-refractivity contribution >= 4 is 8.32 Å². The lowest BCUT2D eigenvalue weighted by Gasteiger charge is -2.27. The fourth-order valence-electron chi connectivity index (χ4n) is 2.85. The lowest BCUT2D eigenvalue weighted by Crippen LogP contribution is -2.37. The van der Waals surface area contributed by atoms with Crippen molar-refractivity contribution in [1.29, 1.82) is 0 Å². The zero-order valence-corrected chi connectivity index (χ0v) is 10.0. The van der Waals surface area contributed by atoms with Crippen LogP contribution in [0.5, 0.6) is 0 Å². The van der Waals surface area contributed by atoms with Crippen molar-refractivity contribution in [2.24, 2.45) is 11.8 Å². The van der Waals surface area contributed by atoms with Crippen LogP contribution in [0, 0.1) is 11.8 Å². The van der Waals surface area contributed by atoms with Crippen LogP contribution in [-0.4, -0.2) is 14.4 Å². The Kier molecular flexibility index (Phi) is 2.67. The van der Waals surface area contributed by atoms with Crippen molar-refractivity contribution < 1.29 is 4.43 Å². The van der Waals surface area contributed by atoms with Crippen molar-refractivity contribution in [1.82, 2.24) is 0 Å². The minimum absolute atomic E-state index is 0.530. The Morgan fingerprint density at radius 3 is 1.86 bits per heavy atom. The van der Waals surface area contributed by atoms with Crippen LogP contribution in [0.25, 0.3) is 0 Å². The fraction of sp³-hybridized carbons (Fsp3) is 0.667. The molecule has 0 aromatic carbocycles. The molecule has 0 radical (unpaired) electrons. The molecule has 2 aliphatic carbocycles. The van der Waals surface area contributed by atoms with Crippen LogP contribution >= 0.6 is 0 Å². The predicted molar refractivity (Wildman–Crippen MR) is 62.3 cm³/mol. The molecule has 0 aromatic rings. The largest absolute Gasteiger partial charge is 0.406 e. The lowest BCUT2D eigenvalue weighted by atomic mass is 10.0. The van der Waals surface area contributed by atoms with E-state index in [9.17, 15) is 0 Å². The topological polar surface area (TPSA) is 9.23 Å². The molecular weight excluding hydrogens is 188 g/mol. The molecular formula is C12H20OSi. The third-order valence-electron chi connectivity index (χ3n) is 3.95. The molecule has 2 aliphatic rings. The van der Waals surface area contributed by atoms with E-state index < -0.39 is 8.32 Å². The summed E-state index contributed by atoms with van der Waals surface area (Å²) in [6.07, 6.45) is 6.06. The van der Waals surface area contributed by atoms with Gasteiger partial charge in [0.05, 0.1) is 6.10 Å². The SMILES string of the molecule is C=C[Si](C)(C=C)OC1C2CCC1CC2. The number of fused-ring (bicyclic) bond motifs is 2. The molecule has 2 saturated carbocycles. The van der Waals surface area contributed by atoms with Gasteiger partial charge in [-0.2, -0.15) is 0 Å². The van der Waals surface area contributed by atoms with Crippen LogP contribution in [0.15, 0.2) is 24.6 Å². The molecule has 0 saturated heterocycles. The van der Waals surface area contributed by atoms with Gasteiger partial charge in [-0.3, -0.25) is 0 Å². The molecule has 2 rings (SSSR count). The summed E-state index contributed by atoms with van der Waals surface area (Å²) >= 11 is 0. The molecule has 0 atom stereocenters. The maximum Gasteiger partial charge on any atom is 0.237 e. The molecule has 2 bridgehead atoms. The van der Waals surface area contributed by atoms with Crippen molar-refractivity contribution in [3.05, 3.63) is 24.6 Å². The van der Waals surface area contributed by atoms with Crippen molar-refractivity contribution in [3.63, 3.8) is 0 Å². The second kappa shape index (κ2) is 3.67. The second-order valence-electron chi connectivity index (χ2n) is 4.85. The summed E-state index contributed by atoms with van der Waals surface area (Å²) in [5.41, 5.74) is 4.00. The van der Waals surface area contributed by atoms with Gasteiger partial charge < -0.3 is 4.43 Å². The van der Waals surface area contributed by atoms with Crippen molar-refractivity contribution in [3.8, 4) is 0 Å². The van der Waals surface area contributed by atoms with Crippen LogP contribution in [0.3, 0.4) is 0 Å². The van der Waals surface area contributed by atoms with Gasteiger partial charge in [0, 0.05) is 0 Å². The quantitative estimate of drug-likeness (QED) is 0.645. The third kappa shape index (κ3) is 1.61. The van der Waals surface area contributed by atoms with Gasteiger partial charge in [0.1, 0.15) is 0 Å². The molecule has 0 aromatic heterocycles. The van der Waals surface area contributed by atoms with Crippen LogP contribution in [0.1, 0.15) is 25.7 Å². The van der Waals surface area contributed by atoms with Gasteiger partial charge in [0.15, 0.2) is 0 Å². The maximum atomic E-state index is 6.29. The highest BCUT2D eigenvalue weighted by Crippen LogP contribution is 2.47. The van der Waals surface area contributed by atoms with E-state index in [4.69, 9.17) is 4.43 Å². The van der Waals surface area contributed by atoms with Crippen LogP contribution in [0.2, 0.25) is 6.55 Å². The van der Waals surface area contributed by atoms with Gasteiger partial charge in [-0.05, 0) is 44.1 Å². The molecule has 0 N–H and O–H groups in total. The molecule has 78 valence electrons. The molecule has 0 aliphatic heterocycles. The summed E-state index contributed by atoms with van der Waals surface area (Å²) in [5.74, 6) is 1.68. The van der Waals surface area contributed by atoms with Gasteiger partial charge >= 0.3 is 0 Å². The molecule has 2 fully saturated rings. The monoisotopic (exact) mass is 208 g/mol. The van der Waals surface area contributed by atoms with Crippen LogP contribution in [0.4, 0.5) is 0 Å². The highest BCUT2D eigenvalue weighted by molar-refractivity contribution is 6.82. The summed E-state index contributed by atoms with van der Waals surface area (Å²) < 4.78 is 6.29. The van der Waals surface area contributed by atoms with Crippen molar-refractivity contribution in [2.75, 3.05) is 0 Å². The van der Waals surface area contributed by atoms with Crippen LogP contribution < -0.4 is 0 Å². The second-order valence-corrected chi connectivity index (χ2v) is 8.27. The van der Waals surface area contributed by atoms with Gasteiger partial charge in [-0.25, -0.2) is 0 Å². The molecule has 0 unspecified atom stereocenters. The molecule has 14 heavy (non-hydrogen) atoms. The van der Waals surface area contributed by atoms with Gasteiger partial charge in [0.25, 0.3) is 0 Å². The first-order chi connectivity index (χ1) is 6.68. The zero-order valence-electron chi connectivity index (χ0n) is 9.04. The summed E-state index contributed by atoms with van der Waals surface area (Å²) in [4.78, 5) is 0. The molecule has 2 heteroatoms. The minimum Gasteiger partial charge on any atom is -0.406 e. The standard InChI is InChI=1S/C12H20OSi/c1-4-14(3,5-2)13-12-10-6-7-11(12)9-8-10/h4-5,10-12H,1-2,6-9H2,3H3. The minimum atomic E-state index is -1.78. The van der Waals surface area contributed by atoms with E-state index in [2.05, 4.69) is 19.7 Å². The Hall–Kier alpha value is -0.343. The first-order valence-corrected chi connectivity index (χ1v) is 8.20. The smallest absolute Gasteiger partial charge is 0.237 e. The number of hydrogen-bond acceptors (Lipinski definition) is 1. The molecule has 0 spiro atoms. The molecule has 0 heterocycles. The van der Waals surface area contributed by atoms with E-state index >= 15 is 0 Å². The number of rotatable bonds is 4. The summed E-state index contributed by atoms with van der Waals surface area (Å²) in [6, 6.07) is 0. The van der Waals surface area contributed by atoms with E-state index in [1.807, 2.05) is 11.4 Å². The molecule has 1 nitrogen and oxygen atoms in total. The van der Waals surface area contributed by atoms with Gasteiger partial charge in [0.2, 0.25) is 8.32 Å². The normalized spacial score (nSPS) is 35.9. The Bertz CT molecular complexity index is 221. The van der Waals surface area contributed by atoms with Gasteiger partial charge in [-0.1, -0.05) is 11.4 Å². The first-order valence-electron chi connectivity index (χ1n) is 5.63.